The molecule has 5 nitrogen and oxygen atoms in total. The van der Waals surface area contributed by atoms with Crippen LogP contribution >= 0.6 is 0 Å². The number of carbonyl (C=O) groups excluding carboxylic acids is 1. The first-order valence-corrected chi connectivity index (χ1v) is 8.87. The van der Waals surface area contributed by atoms with Gasteiger partial charge in [0.1, 0.15) is 11.5 Å². The second kappa shape index (κ2) is 8.22. The minimum Gasteiger partial charge on any atom is -0.464 e. The zero-order valence-electron chi connectivity index (χ0n) is 15.0. The molecule has 4 aromatic rings. The van der Waals surface area contributed by atoms with E-state index in [1.807, 2.05) is 66.7 Å². The highest BCUT2D eigenvalue weighted by atomic mass is 16.6. The van der Waals surface area contributed by atoms with E-state index in [9.17, 15) is 4.79 Å². The van der Waals surface area contributed by atoms with Gasteiger partial charge in [-0.05, 0) is 41.5 Å². The number of carbonyl (C=O) groups is 1. The fourth-order valence-electron chi connectivity index (χ4n) is 2.83. The molecule has 0 unspecified atom stereocenters. The number of ether oxygens (including phenoxy) is 1. The first-order chi connectivity index (χ1) is 13.8. The summed E-state index contributed by atoms with van der Waals surface area (Å²) >= 11 is 0. The van der Waals surface area contributed by atoms with Crippen LogP contribution in [0.4, 0.5) is 4.79 Å². The van der Waals surface area contributed by atoms with Gasteiger partial charge in [-0.2, -0.15) is 0 Å². The predicted molar refractivity (Wildman–Crippen MR) is 107 cm³/mol. The van der Waals surface area contributed by atoms with E-state index >= 15 is 0 Å². The largest absolute Gasteiger partial charge is 0.464 e. The van der Waals surface area contributed by atoms with E-state index in [4.69, 9.17) is 9.15 Å². The van der Waals surface area contributed by atoms with E-state index < -0.39 is 6.09 Å². The molecule has 2 aromatic carbocycles. The highest BCUT2D eigenvalue weighted by molar-refractivity contribution is 5.73. The molecule has 0 radical (unpaired) electrons. The first-order valence-electron chi connectivity index (χ1n) is 8.87. The lowest BCUT2D eigenvalue weighted by molar-refractivity contribution is 0.200. The molecule has 0 aliphatic rings. The molecule has 1 N–H and O–H groups in total. The van der Waals surface area contributed by atoms with Gasteiger partial charge in [-0.3, -0.25) is 4.98 Å². The Balaban J connectivity index is 1.46. The summed E-state index contributed by atoms with van der Waals surface area (Å²) in [5, 5.41) is 2.75. The fourth-order valence-corrected chi connectivity index (χ4v) is 2.83. The number of hydrogen-bond acceptors (Lipinski definition) is 4. The van der Waals surface area contributed by atoms with Gasteiger partial charge < -0.3 is 14.5 Å². The fraction of sp³-hybridized carbons (Fsp3) is 0.0435. The minimum absolute atomic E-state index is 0.411. The van der Waals surface area contributed by atoms with Crippen molar-refractivity contribution in [3.63, 3.8) is 0 Å². The van der Waals surface area contributed by atoms with Crippen LogP contribution in [0, 0.1) is 0 Å². The van der Waals surface area contributed by atoms with Gasteiger partial charge in [0.15, 0.2) is 0 Å². The SMILES string of the molecule is O=C(NCc1ccccc1)Oc1cccc(-c2cncc(-c3ccco3)c2)c1. The average Bonchev–Trinajstić information content (AvgIpc) is 3.28. The van der Waals surface area contributed by atoms with Crippen LogP contribution in [0.15, 0.2) is 95.9 Å². The van der Waals surface area contributed by atoms with Crippen LogP contribution in [0.2, 0.25) is 0 Å². The van der Waals surface area contributed by atoms with Gasteiger partial charge in [0.2, 0.25) is 0 Å². The number of nitrogens with one attached hydrogen (secondary N) is 1. The first kappa shape index (κ1) is 17.5. The Morgan fingerprint density at radius 2 is 1.75 bits per heavy atom. The van der Waals surface area contributed by atoms with Gasteiger partial charge >= 0.3 is 6.09 Å². The highest BCUT2D eigenvalue weighted by Gasteiger charge is 2.08. The molecule has 0 fully saturated rings. The van der Waals surface area contributed by atoms with Gasteiger partial charge in [-0.25, -0.2) is 4.79 Å². The van der Waals surface area contributed by atoms with Gasteiger partial charge in [-0.1, -0.05) is 42.5 Å². The van der Waals surface area contributed by atoms with Crippen molar-refractivity contribution in [1.29, 1.82) is 0 Å². The van der Waals surface area contributed by atoms with Crippen molar-refractivity contribution in [3.8, 4) is 28.2 Å². The number of pyridine rings is 1. The molecule has 0 spiro atoms. The summed E-state index contributed by atoms with van der Waals surface area (Å²) in [6, 6.07) is 22.7. The van der Waals surface area contributed by atoms with E-state index in [1.54, 1.807) is 24.7 Å². The normalized spacial score (nSPS) is 10.4. The number of furan rings is 1. The molecule has 4 rings (SSSR count). The maximum atomic E-state index is 12.1. The van der Waals surface area contributed by atoms with E-state index in [-0.39, 0.29) is 0 Å². The average molecular weight is 370 g/mol. The van der Waals surface area contributed by atoms with Crippen LogP contribution < -0.4 is 10.1 Å². The predicted octanol–water partition coefficient (Wildman–Crippen LogP) is 5.30. The lowest BCUT2D eigenvalue weighted by atomic mass is 10.1. The lowest BCUT2D eigenvalue weighted by Gasteiger charge is -2.09. The molecule has 0 atom stereocenters. The van der Waals surface area contributed by atoms with Gasteiger partial charge in [0, 0.05) is 30.1 Å². The van der Waals surface area contributed by atoms with Crippen molar-refractivity contribution >= 4 is 6.09 Å². The zero-order valence-corrected chi connectivity index (χ0v) is 15.0. The smallest absolute Gasteiger partial charge is 0.412 e. The summed E-state index contributed by atoms with van der Waals surface area (Å²) in [6.45, 7) is 0.411. The monoisotopic (exact) mass is 370 g/mol. The molecule has 2 heterocycles. The second-order valence-corrected chi connectivity index (χ2v) is 6.20. The van der Waals surface area contributed by atoms with Crippen LogP contribution in [-0.2, 0) is 6.54 Å². The van der Waals surface area contributed by atoms with E-state index in [0.717, 1.165) is 28.0 Å². The molecular weight excluding hydrogens is 352 g/mol. The van der Waals surface area contributed by atoms with E-state index in [0.29, 0.717) is 12.3 Å². The number of hydrogen-bond donors (Lipinski definition) is 1. The minimum atomic E-state index is -0.497. The van der Waals surface area contributed by atoms with Crippen LogP contribution in [0.1, 0.15) is 5.56 Å². The molecule has 138 valence electrons. The second-order valence-electron chi connectivity index (χ2n) is 6.20. The molecule has 1 amide bonds. The Labute approximate surface area is 162 Å². The summed E-state index contributed by atoms with van der Waals surface area (Å²) in [5.41, 5.74) is 3.70. The number of nitrogens with zero attached hydrogens (tertiary/aromatic N) is 1. The molecule has 0 saturated carbocycles. The third-order valence-corrected chi connectivity index (χ3v) is 4.20. The summed E-state index contributed by atoms with van der Waals surface area (Å²) in [5.74, 6) is 1.22. The van der Waals surface area contributed by atoms with Crippen LogP contribution in [0.25, 0.3) is 22.5 Å². The Bertz CT molecular complexity index is 1060. The number of benzene rings is 2. The maximum absolute atomic E-state index is 12.1. The summed E-state index contributed by atoms with van der Waals surface area (Å²) in [4.78, 5) is 16.4. The summed E-state index contributed by atoms with van der Waals surface area (Å²) < 4.78 is 10.8. The third kappa shape index (κ3) is 4.27. The highest BCUT2D eigenvalue weighted by Crippen LogP contribution is 2.27. The Morgan fingerprint density at radius 1 is 0.893 bits per heavy atom. The molecule has 0 saturated heterocycles. The molecule has 5 heteroatoms. The van der Waals surface area contributed by atoms with Crippen LogP contribution in [0.5, 0.6) is 5.75 Å². The summed E-state index contributed by atoms with van der Waals surface area (Å²) in [7, 11) is 0. The Morgan fingerprint density at radius 3 is 2.57 bits per heavy atom. The van der Waals surface area contributed by atoms with Crippen molar-refractivity contribution in [2.75, 3.05) is 0 Å². The Hall–Kier alpha value is -3.86. The standard InChI is InChI=1S/C23H18N2O3/c26-23(25-14-17-6-2-1-3-7-17)28-21-9-4-8-18(13-21)19-12-20(16-24-15-19)22-10-5-11-27-22/h1-13,15-16H,14H2,(H,25,26). The number of amides is 1. The lowest BCUT2D eigenvalue weighted by Crippen LogP contribution is -2.26. The number of rotatable bonds is 5. The van der Waals surface area contributed by atoms with Gasteiger partial charge in [0.25, 0.3) is 0 Å². The van der Waals surface area contributed by atoms with Crippen molar-refractivity contribution in [2.24, 2.45) is 0 Å². The molecule has 0 aliphatic carbocycles. The maximum Gasteiger partial charge on any atom is 0.412 e. The number of aromatic nitrogens is 1. The Kier molecular flexibility index (Phi) is 5.15. The summed E-state index contributed by atoms with van der Waals surface area (Å²) in [6.07, 6.45) is 4.65. The molecule has 0 aliphatic heterocycles. The molecule has 2 aromatic heterocycles. The zero-order chi connectivity index (χ0) is 19.2. The molecular formula is C23H18N2O3. The third-order valence-electron chi connectivity index (χ3n) is 4.20. The van der Waals surface area contributed by atoms with Crippen molar-refractivity contribution in [3.05, 3.63) is 97.0 Å². The van der Waals surface area contributed by atoms with Crippen molar-refractivity contribution in [1.82, 2.24) is 10.3 Å². The van der Waals surface area contributed by atoms with E-state index in [2.05, 4.69) is 10.3 Å². The van der Waals surface area contributed by atoms with Crippen molar-refractivity contribution < 1.29 is 13.9 Å². The van der Waals surface area contributed by atoms with Gasteiger partial charge in [-0.15, -0.1) is 0 Å². The molecule has 0 bridgehead atoms. The van der Waals surface area contributed by atoms with E-state index in [1.165, 1.54) is 0 Å². The quantitative estimate of drug-likeness (QED) is 0.518. The van der Waals surface area contributed by atoms with Gasteiger partial charge in [0.05, 0.1) is 6.26 Å². The van der Waals surface area contributed by atoms with Crippen molar-refractivity contribution in [2.45, 2.75) is 6.54 Å². The van der Waals surface area contributed by atoms with Crippen LogP contribution in [0.3, 0.4) is 0 Å². The molecule has 28 heavy (non-hydrogen) atoms. The topological polar surface area (TPSA) is 64.4 Å². The van der Waals surface area contributed by atoms with Crippen LogP contribution in [-0.4, -0.2) is 11.1 Å².